The maximum absolute atomic E-state index is 10.8. The zero-order valence-electron chi connectivity index (χ0n) is 9.51. The molecule has 1 heterocycles. The van der Waals surface area contributed by atoms with Gasteiger partial charge in [0.25, 0.3) is 0 Å². The summed E-state index contributed by atoms with van der Waals surface area (Å²) in [5.74, 6) is -0.185. The first-order chi connectivity index (χ1) is 8.00. The number of aliphatic hydroxyl groups excluding tert-OH is 2. The number of rotatable bonds is 5. The summed E-state index contributed by atoms with van der Waals surface area (Å²) in [6, 6.07) is 2.73. The number of amides is 1. The fourth-order valence-corrected chi connectivity index (χ4v) is 1.38. The first-order valence-electron chi connectivity index (χ1n) is 5.30. The molecule has 0 aromatic carbocycles. The Morgan fingerprint density at radius 1 is 1.47 bits per heavy atom. The third-order valence-corrected chi connectivity index (χ3v) is 2.33. The van der Waals surface area contributed by atoms with Crippen molar-refractivity contribution in [2.75, 3.05) is 6.54 Å². The summed E-state index contributed by atoms with van der Waals surface area (Å²) in [5, 5.41) is 21.9. The van der Waals surface area contributed by atoms with E-state index >= 15 is 0 Å². The molecule has 4 N–H and O–H groups in total. The number of aliphatic hydroxyl groups is 2. The van der Waals surface area contributed by atoms with Crippen molar-refractivity contribution in [3.05, 3.63) is 34.2 Å². The van der Waals surface area contributed by atoms with Crippen molar-refractivity contribution in [2.24, 2.45) is 0 Å². The minimum absolute atomic E-state index is 0.185. The standard InChI is InChI=1S/C11H16N2O4/c1-7(14)12-5-4-9(15)11(17)8-2-3-10(16)13-6-8/h2-3,6,9,11,15,17H,4-5H2,1H3,(H,12,14)(H,13,16). The summed E-state index contributed by atoms with van der Waals surface area (Å²) in [7, 11) is 0. The fourth-order valence-electron chi connectivity index (χ4n) is 1.38. The molecule has 0 aliphatic heterocycles. The highest BCUT2D eigenvalue weighted by molar-refractivity contribution is 5.72. The molecule has 0 saturated heterocycles. The molecular formula is C11H16N2O4. The summed E-state index contributed by atoms with van der Waals surface area (Å²) in [6.45, 7) is 1.67. The van der Waals surface area contributed by atoms with Crippen molar-refractivity contribution in [2.45, 2.75) is 25.6 Å². The van der Waals surface area contributed by atoms with Crippen molar-refractivity contribution in [1.29, 1.82) is 0 Å². The molecule has 0 aliphatic carbocycles. The van der Waals surface area contributed by atoms with Gasteiger partial charge in [0, 0.05) is 25.7 Å². The molecule has 0 spiro atoms. The van der Waals surface area contributed by atoms with E-state index in [-0.39, 0.29) is 24.4 Å². The molecule has 2 atom stereocenters. The fraction of sp³-hybridized carbons (Fsp3) is 0.455. The lowest BCUT2D eigenvalue weighted by Crippen LogP contribution is -2.27. The van der Waals surface area contributed by atoms with Gasteiger partial charge in [-0.05, 0) is 18.1 Å². The van der Waals surface area contributed by atoms with Gasteiger partial charge in [0.15, 0.2) is 0 Å². The number of H-pyrrole nitrogens is 1. The normalized spacial score (nSPS) is 14.1. The van der Waals surface area contributed by atoms with Gasteiger partial charge in [-0.3, -0.25) is 9.59 Å². The zero-order chi connectivity index (χ0) is 12.8. The number of aromatic nitrogens is 1. The Kier molecular flexibility index (Phi) is 4.86. The quantitative estimate of drug-likeness (QED) is 0.546. The average molecular weight is 240 g/mol. The Hall–Kier alpha value is -1.66. The summed E-state index contributed by atoms with van der Waals surface area (Å²) in [5.41, 5.74) is 0.161. The molecule has 0 radical (unpaired) electrons. The van der Waals surface area contributed by atoms with Crippen LogP contribution in [0.3, 0.4) is 0 Å². The Morgan fingerprint density at radius 3 is 2.71 bits per heavy atom. The Labute approximate surface area is 98.3 Å². The lowest BCUT2D eigenvalue weighted by molar-refractivity contribution is -0.119. The molecule has 0 aliphatic rings. The largest absolute Gasteiger partial charge is 0.390 e. The molecule has 1 rings (SSSR count). The number of pyridine rings is 1. The predicted octanol–water partition coefficient (Wildman–Crippen LogP) is -0.705. The maximum atomic E-state index is 10.8. The van der Waals surface area contributed by atoms with E-state index in [1.54, 1.807) is 0 Å². The van der Waals surface area contributed by atoms with Crippen LogP contribution in [0, 0.1) is 0 Å². The van der Waals surface area contributed by atoms with Gasteiger partial charge in [-0.15, -0.1) is 0 Å². The van der Waals surface area contributed by atoms with E-state index in [2.05, 4.69) is 10.3 Å². The number of hydrogen-bond acceptors (Lipinski definition) is 4. The molecular weight excluding hydrogens is 224 g/mol. The first kappa shape index (κ1) is 13.4. The molecule has 17 heavy (non-hydrogen) atoms. The Balaban J connectivity index is 2.51. The number of carbonyl (C=O) groups is 1. The molecule has 6 heteroatoms. The van der Waals surface area contributed by atoms with Crippen LogP contribution in [-0.4, -0.2) is 33.8 Å². The van der Waals surface area contributed by atoms with Crippen LogP contribution < -0.4 is 10.9 Å². The Morgan fingerprint density at radius 2 is 2.18 bits per heavy atom. The minimum Gasteiger partial charge on any atom is -0.390 e. The minimum atomic E-state index is -1.08. The van der Waals surface area contributed by atoms with Crippen LogP contribution in [0.5, 0.6) is 0 Å². The number of hydrogen-bond donors (Lipinski definition) is 4. The van der Waals surface area contributed by atoms with Gasteiger partial charge in [0.05, 0.1) is 6.10 Å². The van der Waals surface area contributed by atoms with Gasteiger partial charge < -0.3 is 20.5 Å². The summed E-state index contributed by atoms with van der Waals surface area (Å²) >= 11 is 0. The second-order valence-corrected chi connectivity index (χ2v) is 3.77. The molecule has 1 amide bonds. The molecule has 94 valence electrons. The summed E-state index contributed by atoms with van der Waals surface area (Å²) < 4.78 is 0. The van der Waals surface area contributed by atoms with E-state index in [9.17, 15) is 19.8 Å². The van der Waals surface area contributed by atoms with Crippen LogP contribution in [-0.2, 0) is 4.79 Å². The lowest BCUT2D eigenvalue weighted by Gasteiger charge is -2.17. The topological polar surface area (TPSA) is 102 Å². The molecule has 0 saturated carbocycles. The van der Waals surface area contributed by atoms with Gasteiger partial charge >= 0.3 is 0 Å². The second kappa shape index (κ2) is 6.17. The number of nitrogens with one attached hydrogen (secondary N) is 2. The van der Waals surface area contributed by atoms with E-state index in [4.69, 9.17) is 0 Å². The Bertz CT molecular complexity index is 409. The van der Waals surface area contributed by atoms with Crippen LogP contribution in [0.2, 0.25) is 0 Å². The monoisotopic (exact) mass is 240 g/mol. The van der Waals surface area contributed by atoms with Crippen molar-refractivity contribution in [3.63, 3.8) is 0 Å². The van der Waals surface area contributed by atoms with E-state index in [0.717, 1.165) is 0 Å². The third-order valence-electron chi connectivity index (χ3n) is 2.33. The highest BCUT2D eigenvalue weighted by Crippen LogP contribution is 2.16. The molecule has 1 aromatic rings. The SMILES string of the molecule is CC(=O)NCCC(O)C(O)c1ccc(=O)[nH]c1. The lowest BCUT2D eigenvalue weighted by atomic mass is 10.0. The second-order valence-electron chi connectivity index (χ2n) is 3.77. The molecule has 2 unspecified atom stereocenters. The van der Waals surface area contributed by atoms with E-state index < -0.39 is 12.2 Å². The van der Waals surface area contributed by atoms with Gasteiger partial charge in [0.1, 0.15) is 6.10 Å². The highest BCUT2D eigenvalue weighted by Gasteiger charge is 2.18. The van der Waals surface area contributed by atoms with E-state index in [1.165, 1.54) is 25.3 Å². The van der Waals surface area contributed by atoms with Crippen LogP contribution in [0.4, 0.5) is 0 Å². The number of carbonyl (C=O) groups excluding carboxylic acids is 1. The predicted molar refractivity (Wildman–Crippen MR) is 61.3 cm³/mol. The van der Waals surface area contributed by atoms with Crippen molar-refractivity contribution < 1.29 is 15.0 Å². The highest BCUT2D eigenvalue weighted by atomic mass is 16.3. The molecule has 0 bridgehead atoms. The first-order valence-corrected chi connectivity index (χ1v) is 5.30. The van der Waals surface area contributed by atoms with Crippen LogP contribution in [0.25, 0.3) is 0 Å². The molecule has 1 aromatic heterocycles. The van der Waals surface area contributed by atoms with Gasteiger partial charge in [-0.25, -0.2) is 0 Å². The zero-order valence-corrected chi connectivity index (χ0v) is 9.51. The van der Waals surface area contributed by atoms with Gasteiger partial charge in [-0.1, -0.05) is 0 Å². The van der Waals surface area contributed by atoms with Crippen LogP contribution in [0.1, 0.15) is 25.0 Å². The third kappa shape index (κ3) is 4.38. The van der Waals surface area contributed by atoms with Crippen molar-refractivity contribution >= 4 is 5.91 Å². The summed E-state index contributed by atoms with van der Waals surface area (Å²) in [4.78, 5) is 23.8. The maximum Gasteiger partial charge on any atom is 0.247 e. The van der Waals surface area contributed by atoms with Crippen LogP contribution >= 0.6 is 0 Å². The average Bonchev–Trinajstić information content (AvgIpc) is 2.28. The van der Waals surface area contributed by atoms with E-state index in [0.29, 0.717) is 5.56 Å². The van der Waals surface area contributed by atoms with Gasteiger partial charge in [0.2, 0.25) is 11.5 Å². The number of aromatic amines is 1. The van der Waals surface area contributed by atoms with Crippen LogP contribution in [0.15, 0.2) is 23.1 Å². The molecule has 6 nitrogen and oxygen atoms in total. The van der Waals surface area contributed by atoms with Gasteiger partial charge in [-0.2, -0.15) is 0 Å². The van der Waals surface area contributed by atoms with Crippen molar-refractivity contribution in [3.8, 4) is 0 Å². The van der Waals surface area contributed by atoms with Crippen molar-refractivity contribution in [1.82, 2.24) is 10.3 Å². The van der Waals surface area contributed by atoms with E-state index in [1.807, 2.05) is 0 Å². The smallest absolute Gasteiger partial charge is 0.247 e. The molecule has 0 fully saturated rings. The summed E-state index contributed by atoms with van der Waals surface area (Å²) in [6.07, 6.45) is -0.484.